The number of aromatic hydroxyl groups is 1. The molecule has 3 aromatic rings. The standard InChI is InChI=1S/C23H30N2O4/c1-22(2,3)15-9-13(27-7)11-17(19(15)26)24-21-25-18-12-14(28-8)10-16(20(18)29-21)23(4,5)6/h9-12,26H,1-8H3,(H,24,25). The lowest BCUT2D eigenvalue weighted by atomic mass is 9.86. The Kier molecular flexibility index (Phi) is 5.15. The highest BCUT2D eigenvalue weighted by atomic mass is 16.5. The fourth-order valence-electron chi connectivity index (χ4n) is 3.24. The van der Waals surface area contributed by atoms with Gasteiger partial charge >= 0.3 is 0 Å². The van der Waals surface area contributed by atoms with Gasteiger partial charge < -0.3 is 24.3 Å². The highest BCUT2D eigenvalue weighted by Gasteiger charge is 2.25. The van der Waals surface area contributed by atoms with Crippen LogP contribution in [0.1, 0.15) is 52.7 Å². The molecule has 6 nitrogen and oxygen atoms in total. The molecule has 0 saturated carbocycles. The molecule has 1 heterocycles. The Balaban J connectivity index is 2.12. The van der Waals surface area contributed by atoms with E-state index in [2.05, 4.69) is 31.1 Å². The number of hydrogen-bond donors (Lipinski definition) is 2. The Labute approximate surface area is 171 Å². The Morgan fingerprint density at radius 2 is 1.41 bits per heavy atom. The number of anilines is 2. The van der Waals surface area contributed by atoms with Gasteiger partial charge in [-0.15, -0.1) is 0 Å². The molecule has 2 N–H and O–H groups in total. The Morgan fingerprint density at radius 3 is 1.97 bits per heavy atom. The number of phenolic OH excluding ortho intramolecular Hbond substituents is 1. The first-order valence-corrected chi connectivity index (χ1v) is 9.61. The van der Waals surface area contributed by atoms with Crippen molar-refractivity contribution in [2.75, 3.05) is 19.5 Å². The third kappa shape index (κ3) is 4.11. The maximum atomic E-state index is 10.8. The lowest BCUT2D eigenvalue weighted by Crippen LogP contribution is -2.12. The van der Waals surface area contributed by atoms with Crippen molar-refractivity contribution in [2.24, 2.45) is 0 Å². The maximum absolute atomic E-state index is 10.8. The van der Waals surface area contributed by atoms with Gasteiger partial charge in [0.1, 0.15) is 22.8 Å². The van der Waals surface area contributed by atoms with E-state index in [0.29, 0.717) is 28.6 Å². The summed E-state index contributed by atoms with van der Waals surface area (Å²) in [7, 11) is 3.24. The van der Waals surface area contributed by atoms with Gasteiger partial charge in [-0.05, 0) is 23.0 Å². The van der Waals surface area contributed by atoms with E-state index in [-0.39, 0.29) is 16.6 Å². The van der Waals surface area contributed by atoms with Gasteiger partial charge in [-0.2, -0.15) is 4.98 Å². The van der Waals surface area contributed by atoms with Crippen molar-refractivity contribution in [2.45, 2.75) is 52.4 Å². The van der Waals surface area contributed by atoms with Crippen LogP contribution in [0.5, 0.6) is 17.2 Å². The van der Waals surface area contributed by atoms with Crippen LogP contribution in [-0.4, -0.2) is 24.3 Å². The molecule has 0 bridgehead atoms. The monoisotopic (exact) mass is 398 g/mol. The summed E-state index contributed by atoms with van der Waals surface area (Å²) < 4.78 is 16.9. The van der Waals surface area contributed by atoms with E-state index in [1.54, 1.807) is 20.3 Å². The molecule has 1 aromatic heterocycles. The number of rotatable bonds is 4. The molecule has 0 spiro atoms. The second-order valence-corrected chi connectivity index (χ2v) is 9.24. The Morgan fingerprint density at radius 1 is 0.862 bits per heavy atom. The predicted octanol–water partition coefficient (Wildman–Crippen LogP) is 5.89. The average molecular weight is 399 g/mol. The van der Waals surface area contributed by atoms with Gasteiger partial charge in [0.15, 0.2) is 5.58 Å². The largest absolute Gasteiger partial charge is 0.505 e. The van der Waals surface area contributed by atoms with Gasteiger partial charge in [0.05, 0.1) is 19.9 Å². The molecule has 0 unspecified atom stereocenters. The highest BCUT2D eigenvalue weighted by molar-refractivity contribution is 5.82. The lowest BCUT2D eigenvalue weighted by Gasteiger charge is -2.23. The smallest absolute Gasteiger partial charge is 0.300 e. The minimum atomic E-state index is -0.261. The van der Waals surface area contributed by atoms with E-state index in [9.17, 15) is 5.11 Å². The van der Waals surface area contributed by atoms with E-state index in [1.807, 2.05) is 39.0 Å². The lowest BCUT2D eigenvalue weighted by molar-refractivity contribution is 0.406. The highest BCUT2D eigenvalue weighted by Crippen LogP contribution is 2.41. The van der Waals surface area contributed by atoms with Crippen LogP contribution in [0.3, 0.4) is 0 Å². The number of nitrogens with one attached hydrogen (secondary N) is 1. The first kappa shape index (κ1) is 20.8. The van der Waals surface area contributed by atoms with Gasteiger partial charge in [-0.1, -0.05) is 41.5 Å². The van der Waals surface area contributed by atoms with E-state index in [1.165, 1.54) is 0 Å². The molecule has 2 aromatic carbocycles. The molecule has 6 heteroatoms. The third-order valence-corrected chi connectivity index (χ3v) is 4.88. The number of methoxy groups -OCH3 is 2. The molecule has 0 aliphatic heterocycles. The van der Waals surface area contributed by atoms with Crippen LogP contribution in [0.25, 0.3) is 11.1 Å². The number of phenols is 1. The number of benzene rings is 2. The quantitative estimate of drug-likeness (QED) is 0.534. The summed E-state index contributed by atoms with van der Waals surface area (Å²) >= 11 is 0. The third-order valence-electron chi connectivity index (χ3n) is 4.88. The summed E-state index contributed by atoms with van der Waals surface area (Å²) in [5, 5.41) is 14.0. The van der Waals surface area contributed by atoms with Crippen molar-refractivity contribution in [3.8, 4) is 17.2 Å². The molecule has 29 heavy (non-hydrogen) atoms. The molecule has 0 fully saturated rings. The number of oxazole rings is 1. The summed E-state index contributed by atoms with van der Waals surface area (Å²) in [5.74, 6) is 1.51. The minimum absolute atomic E-state index is 0.147. The van der Waals surface area contributed by atoms with Crippen molar-refractivity contribution in [3.63, 3.8) is 0 Å². The van der Waals surface area contributed by atoms with Crippen molar-refractivity contribution < 1.29 is 19.0 Å². The van der Waals surface area contributed by atoms with Gasteiger partial charge in [0.25, 0.3) is 6.01 Å². The van der Waals surface area contributed by atoms with Gasteiger partial charge in [0, 0.05) is 23.3 Å². The van der Waals surface area contributed by atoms with Crippen molar-refractivity contribution in [3.05, 3.63) is 35.4 Å². The number of hydrogen-bond acceptors (Lipinski definition) is 6. The number of fused-ring (bicyclic) bond motifs is 1. The first-order chi connectivity index (χ1) is 13.4. The molecule has 0 radical (unpaired) electrons. The second-order valence-electron chi connectivity index (χ2n) is 9.24. The average Bonchev–Trinajstić information content (AvgIpc) is 3.02. The van der Waals surface area contributed by atoms with Gasteiger partial charge in [-0.3, -0.25) is 0 Å². The molecule has 0 aliphatic rings. The molecule has 0 aliphatic carbocycles. The van der Waals surface area contributed by atoms with Crippen LogP contribution < -0.4 is 14.8 Å². The van der Waals surface area contributed by atoms with E-state index >= 15 is 0 Å². The van der Waals surface area contributed by atoms with Crippen LogP contribution >= 0.6 is 0 Å². The maximum Gasteiger partial charge on any atom is 0.300 e. The zero-order chi connectivity index (χ0) is 21.6. The second kappa shape index (κ2) is 7.17. The van der Waals surface area contributed by atoms with Gasteiger partial charge in [-0.25, -0.2) is 0 Å². The zero-order valence-electron chi connectivity index (χ0n) is 18.4. The van der Waals surface area contributed by atoms with Crippen LogP contribution in [-0.2, 0) is 10.8 Å². The van der Waals surface area contributed by atoms with Crippen molar-refractivity contribution >= 4 is 22.8 Å². The van der Waals surface area contributed by atoms with E-state index < -0.39 is 0 Å². The number of nitrogens with zero attached hydrogens (tertiary/aromatic N) is 1. The molecular formula is C23H30N2O4. The van der Waals surface area contributed by atoms with E-state index in [4.69, 9.17) is 13.9 Å². The molecular weight excluding hydrogens is 368 g/mol. The molecule has 0 atom stereocenters. The summed E-state index contributed by atoms with van der Waals surface area (Å²) in [6.07, 6.45) is 0. The Hall–Kier alpha value is -2.89. The van der Waals surface area contributed by atoms with Crippen LogP contribution in [0.4, 0.5) is 11.7 Å². The Bertz CT molecular complexity index is 1040. The summed E-state index contributed by atoms with van der Waals surface area (Å²) in [6.45, 7) is 12.4. The summed E-state index contributed by atoms with van der Waals surface area (Å²) in [6, 6.07) is 7.67. The van der Waals surface area contributed by atoms with Crippen LogP contribution in [0, 0.1) is 0 Å². The van der Waals surface area contributed by atoms with E-state index in [0.717, 1.165) is 16.9 Å². The molecule has 3 rings (SSSR count). The molecule has 0 amide bonds. The summed E-state index contributed by atoms with van der Waals surface area (Å²) in [5.41, 5.74) is 3.22. The fraction of sp³-hybridized carbons (Fsp3) is 0.435. The number of ether oxygens (including phenoxy) is 2. The number of aromatic nitrogens is 1. The van der Waals surface area contributed by atoms with Crippen LogP contribution in [0.15, 0.2) is 28.7 Å². The molecule has 0 saturated heterocycles. The first-order valence-electron chi connectivity index (χ1n) is 9.61. The molecule has 156 valence electrons. The van der Waals surface area contributed by atoms with Crippen molar-refractivity contribution in [1.29, 1.82) is 0 Å². The SMILES string of the molecule is COc1cc(Nc2nc3cc(OC)cc(C(C)(C)C)c3o2)c(O)c(C(C)(C)C)c1. The van der Waals surface area contributed by atoms with Crippen molar-refractivity contribution in [1.82, 2.24) is 4.98 Å². The minimum Gasteiger partial charge on any atom is -0.505 e. The topological polar surface area (TPSA) is 76.8 Å². The normalized spacial score (nSPS) is 12.3. The fourth-order valence-corrected chi connectivity index (χ4v) is 3.24. The van der Waals surface area contributed by atoms with Crippen LogP contribution in [0.2, 0.25) is 0 Å². The predicted molar refractivity (Wildman–Crippen MR) is 116 cm³/mol. The summed E-state index contributed by atoms with van der Waals surface area (Å²) in [4.78, 5) is 4.57. The van der Waals surface area contributed by atoms with Gasteiger partial charge in [0.2, 0.25) is 0 Å². The zero-order valence-corrected chi connectivity index (χ0v) is 18.4.